The summed E-state index contributed by atoms with van der Waals surface area (Å²) in [5.41, 5.74) is -2.81. The van der Waals surface area contributed by atoms with E-state index in [2.05, 4.69) is 20.2 Å². The second kappa shape index (κ2) is 10.0. The smallest absolute Gasteiger partial charge is 0.369 e. The number of aromatic nitrogens is 2. The van der Waals surface area contributed by atoms with Gasteiger partial charge in [-0.2, -0.15) is 13.2 Å². The summed E-state index contributed by atoms with van der Waals surface area (Å²) in [6, 6.07) is 6.29. The molecule has 2 saturated heterocycles. The van der Waals surface area contributed by atoms with Crippen LogP contribution in [0.15, 0.2) is 55.0 Å². The summed E-state index contributed by atoms with van der Waals surface area (Å²) in [6.45, 7) is 4.05. The fourth-order valence-corrected chi connectivity index (χ4v) is 5.52. The van der Waals surface area contributed by atoms with Crippen molar-refractivity contribution in [2.75, 3.05) is 31.1 Å². The van der Waals surface area contributed by atoms with E-state index in [1.54, 1.807) is 6.07 Å². The van der Waals surface area contributed by atoms with Gasteiger partial charge in [0.25, 0.3) is 6.43 Å². The molecule has 1 aromatic carbocycles. The molecule has 1 N–H and O–H groups in total. The number of carbonyl (C=O) groups excluding carboxylic acids is 1. The maximum absolute atomic E-state index is 14.5. The molecule has 0 unspecified atom stereocenters. The molecule has 4 heterocycles. The average Bonchev–Trinajstić information content (AvgIpc) is 2.84. The van der Waals surface area contributed by atoms with Gasteiger partial charge in [-0.3, -0.25) is 19.7 Å². The number of benzene rings is 1. The van der Waals surface area contributed by atoms with Gasteiger partial charge < -0.3 is 10.2 Å². The molecular formula is C27H24F7N5O. The maximum atomic E-state index is 14.5. The van der Waals surface area contributed by atoms with Gasteiger partial charge in [0.15, 0.2) is 17.2 Å². The van der Waals surface area contributed by atoms with Crippen molar-refractivity contribution in [3.63, 3.8) is 0 Å². The lowest BCUT2D eigenvalue weighted by Crippen LogP contribution is -2.72. The summed E-state index contributed by atoms with van der Waals surface area (Å²) < 4.78 is 95.4. The third kappa shape index (κ3) is 5.09. The minimum absolute atomic E-state index is 0.0511. The number of alkyl halides is 5. The number of pyridine rings is 2. The summed E-state index contributed by atoms with van der Waals surface area (Å²) in [4.78, 5) is 23.7. The number of nitrogens with zero attached hydrogens (tertiary/aromatic N) is 4. The van der Waals surface area contributed by atoms with E-state index in [9.17, 15) is 35.5 Å². The fourth-order valence-electron chi connectivity index (χ4n) is 5.52. The number of amides is 1. The zero-order valence-electron chi connectivity index (χ0n) is 21.2. The predicted octanol–water partition coefficient (Wildman–Crippen LogP) is 4.74. The summed E-state index contributed by atoms with van der Waals surface area (Å²) in [5, 5.41) is 2.19. The number of carbonyl (C=O) groups is 1. The molecule has 212 valence electrons. The number of hydrogen-bond donors (Lipinski definition) is 1. The molecule has 5 rings (SSSR count). The van der Waals surface area contributed by atoms with Crippen molar-refractivity contribution in [1.82, 2.24) is 20.2 Å². The van der Waals surface area contributed by atoms with Crippen LogP contribution in [0.3, 0.4) is 0 Å². The van der Waals surface area contributed by atoms with Crippen LogP contribution >= 0.6 is 0 Å². The first kappa shape index (κ1) is 27.8. The molecule has 0 aliphatic carbocycles. The normalized spacial score (nSPS) is 18.3. The molecule has 1 atom stereocenters. The van der Waals surface area contributed by atoms with Crippen LogP contribution in [-0.4, -0.2) is 53.4 Å². The van der Waals surface area contributed by atoms with Crippen molar-refractivity contribution in [1.29, 1.82) is 0 Å². The van der Waals surface area contributed by atoms with Crippen molar-refractivity contribution in [3.8, 4) is 0 Å². The molecule has 2 aromatic heterocycles. The Hall–Kier alpha value is -3.74. The number of anilines is 1. The topological polar surface area (TPSA) is 61.4 Å². The molecule has 3 aromatic rings. The predicted molar refractivity (Wildman–Crippen MR) is 130 cm³/mol. The lowest BCUT2D eigenvalue weighted by Gasteiger charge is -2.61. The number of halogens is 7. The summed E-state index contributed by atoms with van der Waals surface area (Å²) in [7, 11) is 0. The van der Waals surface area contributed by atoms with Crippen LogP contribution in [0.25, 0.3) is 0 Å². The molecule has 2 aliphatic heterocycles. The van der Waals surface area contributed by atoms with E-state index >= 15 is 0 Å². The van der Waals surface area contributed by atoms with Gasteiger partial charge in [-0.15, -0.1) is 0 Å². The molecule has 0 radical (unpaired) electrons. The molecule has 6 nitrogen and oxygen atoms in total. The first-order chi connectivity index (χ1) is 18.8. The standard InChI is InChI=1S/C27H24F7N5O/c1-16(40)37-26(24(30)31,18-3-4-21(28)22(29)7-18)23-5-2-17(8-36-23)11-38-12-25(13-38)14-39(15-25)20-6-19(9-35-10-20)27(32,33)34/h2-10,24H,11-15H2,1H3,(H,37,40)/t26-/m1/s1. The van der Waals surface area contributed by atoms with Crippen LogP contribution in [0.2, 0.25) is 0 Å². The Kier molecular flexibility index (Phi) is 6.97. The summed E-state index contributed by atoms with van der Waals surface area (Å²) in [5.74, 6) is -3.36. The summed E-state index contributed by atoms with van der Waals surface area (Å²) in [6.07, 6.45) is -4.10. The number of nitrogens with one attached hydrogen (secondary N) is 1. The van der Waals surface area contributed by atoms with Gasteiger partial charge in [0, 0.05) is 57.5 Å². The van der Waals surface area contributed by atoms with Gasteiger partial charge in [-0.25, -0.2) is 17.6 Å². The van der Waals surface area contributed by atoms with E-state index < -0.39 is 41.2 Å². The largest absolute Gasteiger partial charge is 0.417 e. The van der Waals surface area contributed by atoms with Gasteiger partial charge in [0.2, 0.25) is 5.91 Å². The van der Waals surface area contributed by atoms with Crippen molar-refractivity contribution in [2.24, 2.45) is 5.41 Å². The molecular weight excluding hydrogens is 543 g/mol. The minimum atomic E-state index is -4.46. The Balaban J connectivity index is 1.25. The second-order valence-electron chi connectivity index (χ2n) is 10.4. The van der Waals surface area contributed by atoms with Crippen molar-refractivity contribution < 1.29 is 35.5 Å². The first-order valence-electron chi connectivity index (χ1n) is 12.3. The Morgan fingerprint density at radius 2 is 1.70 bits per heavy atom. The zero-order chi connectivity index (χ0) is 28.9. The highest BCUT2D eigenvalue weighted by Crippen LogP contribution is 2.43. The molecule has 0 saturated carbocycles. The van der Waals surface area contributed by atoms with E-state index in [1.807, 2.05) is 4.90 Å². The molecule has 1 spiro atoms. The Morgan fingerprint density at radius 1 is 0.975 bits per heavy atom. The van der Waals surface area contributed by atoms with Gasteiger partial charge in [-0.1, -0.05) is 12.1 Å². The molecule has 1 amide bonds. The third-order valence-electron chi connectivity index (χ3n) is 7.30. The summed E-state index contributed by atoms with van der Waals surface area (Å²) >= 11 is 0. The highest BCUT2D eigenvalue weighted by molar-refractivity contribution is 5.75. The lowest BCUT2D eigenvalue weighted by molar-refractivity contribution is -0.137. The van der Waals surface area contributed by atoms with Crippen LogP contribution in [0, 0.1) is 17.0 Å². The van der Waals surface area contributed by atoms with Crippen LogP contribution < -0.4 is 10.2 Å². The van der Waals surface area contributed by atoms with Crippen molar-refractivity contribution in [3.05, 3.63) is 89.0 Å². The highest BCUT2D eigenvalue weighted by atomic mass is 19.4. The molecule has 0 bridgehead atoms. The molecule has 2 fully saturated rings. The zero-order valence-corrected chi connectivity index (χ0v) is 21.2. The van der Waals surface area contributed by atoms with E-state index in [4.69, 9.17) is 0 Å². The van der Waals surface area contributed by atoms with Gasteiger partial charge in [0.1, 0.15) is 0 Å². The molecule has 13 heteroatoms. The third-order valence-corrected chi connectivity index (χ3v) is 7.30. The van der Waals surface area contributed by atoms with E-state index in [-0.39, 0.29) is 16.7 Å². The Labute approximate surface area is 224 Å². The van der Waals surface area contributed by atoms with Crippen LogP contribution in [0.4, 0.5) is 36.4 Å². The SMILES string of the molecule is CC(=O)N[C@](c1ccc(F)c(F)c1)(c1ccc(CN2CC3(C2)CN(c2cncc(C(F)(F)F)c2)C3)cn1)C(F)F. The quantitative estimate of drug-likeness (QED) is 0.418. The van der Waals surface area contributed by atoms with Gasteiger partial charge in [0.05, 0.1) is 23.1 Å². The average molecular weight is 568 g/mol. The minimum Gasteiger partial charge on any atom is -0.369 e. The molecule has 2 aliphatic rings. The monoisotopic (exact) mass is 567 g/mol. The van der Waals surface area contributed by atoms with Crippen LogP contribution in [0.5, 0.6) is 0 Å². The number of hydrogen-bond acceptors (Lipinski definition) is 5. The van der Waals surface area contributed by atoms with Gasteiger partial charge in [-0.05, 0) is 35.4 Å². The second-order valence-corrected chi connectivity index (χ2v) is 10.4. The molecule has 40 heavy (non-hydrogen) atoms. The van der Waals surface area contributed by atoms with E-state index in [0.29, 0.717) is 56.1 Å². The van der Waals surface area contributed by atoms with Gasteiger partial charge >= 0.3 is 6.18 Å². The Morgan fingerprint density at radius 3 is 2.27 bits per heavy atom. The van der Waals surface area contributed by atoms with E-state index in [0.717, 1.165) is 25.3 Å². The first-order valence-corrected chi connectivity index (χ1v) is 12.3. The highest BCUT2D eigenvalue weighted by Gasteiger charge is 2.52. The maximum Gasteiger partial charge on any atom is 0.417 e. The van der Waals surface area contributed by atoms with Crippen LogP contribution in [-0.2, 0) is 23.1 Å². The van der Waals surface area contributed by atoms with Crippen LogP contribution in [0.1, 0.15) is 29.3 Å². The lowest BCUT2D eigenvalue weighted by atomic mass is 9.72. The number of likely N-dealkylation sites (tertiary alicyclic amines) is 1. The van der Waals surface area contributed by atoms with E-state index in [1.165, 1.54) is 18.5 Å². The Bertz CT molecular complexity index is 1400. The van der Waals surface area contributed by atoms with Crippen molar-refractivity contribution in [2.45, 2.75) is 31.6 Å². The fraction of sp³-hybridized carbons (Fsp3) is 0.370. The van der Waals surface area contributed by atoms with Crippen molar-refractivity contribution >= 4 is 11.6 Å². The number of rotatable bonds is 7.